The SMILES string of the molecule is CCOC(=O)C1=C(C)N=c2s/c(=C\c3cc(Br)ccc3O)c(=O)n2[C@@H]1c1ccc(SC)cc1. The molecule has 6 nitrogen and oxygen atoms in total. The molecule has 1 aromatic heterocycles. The lowest BCUT2D eigenvalue weighted by atomic mass is 9.96. The monoisotopic (exact) mass is 544 g/mol. The van der Waals surface area contributed by atoms with Gasteiger partial charge in [-0.3, -0.25) is 9.36 Å². The molecule has 1 aliphatic heterocycles. The van der Waals surface area contributed by atoms with E-state index in [1.165, 1.54) is 11.3 Å². The van der Waals surface area contributed by atoms with Crippen molar-refractivity contribution in [3.63, 3.8) is 0 Å². The van der Waals surface area contributed by atoms with E-state index in [9.17, 15) is 14.7 Å². The van der Waals surface area contributed by atoms with Crippen molar-refractivity contribution in [3.05, 3.63) is 89.0 Å². The number of hydrogen-bond donors (Lipinski definition) is 1. The van der Waals surface area contributed by atoms with Crippen LogP contribution in [0.25, 0.3) is 6.08 Å². The quantitative estimate of drug-likeness (QED) is 0.388. The molecule has 3 aromatic rings. The minimum absolute atomic E-state index is 0.0663. The number of thiazole rings is 1. The standard InChI is InChI=1S/C24H21BrN2O4S2/c1-4-31-23(30)20-13(2)26-24-27(21(20)14-5-8-17(32-3)9-6-14)22(29)19(33-24)12-15-11-16(25)7-10-18(15)28/h5-12,21,28H,4H2,1-3H3/b19-12-/t21-/m1/s1. The number of carbonyl (C=O) groups excluding carboxylic acids is 1. The molecule has 0 bridgehead atoms. The summed E-state index contributed by atoms with van der Waals surface area (Å²) in [6.45, 7) is 3.73. The van der Waals surface area contributed by atoms with Gasteiger partial charge < -0.3 is 9.84 Å². The first-order valence-electron chi connectivity index (χ1n) is 10.2. The van der Waals surface area contributed by atoms with Crippen molar-refractivity contribution >= 4 is 51.1 Å². The summed E-state index contributed by atoms with van der Waals surface area (Å²) in [5.41, 5.74) is 1.88. The third-order valence-corrected chi connectivity index (χ3v) is 7.44. The minimum Gasteiger partial charge on any atom is -0.507 e. The lowest BCUT2D eigenvalue weighted by Gasteiger charge is -2.24. The molecule has 0 saturated heterocycles. The zero-order valence-electron chi connectivity index (χ0n) is 18.2. The first-order valence-corrected chi connectivity index (χ1v) is 13.0. The number of halogens is 1. The van der Waals surface area contributed by atoms with Gasteiger partial charge in [0.15, 0.2) is 4.80 Å². The predicted octanol–water partition coefficient (Wildman–Crippen LogP) is 3.99. The highest BCUT2D eigenvalue weighted by atomic mass is 79.9. The van der Waals surface area contributed by atoms with Gasteiger partial charge in [-0.25, -0.2) is 9.79 Å². The molecular weight excluding hydrogens is 524 g/mol. The van der Waals surface area contributed by atoms with Gasteiger partial charge in [-0.05, 0) is 62.1 Å². The maximum absolute atomic E-state index is 13.6. The van der Waals surface area contributed by atoms with Crippen molar-refractivity contribution in [3.8, 4) is 5.75 Å². The van der Waals surface area contributed by atoms with Crippen LogP contribution in [0.1, 0.15) is 31.0 Å². The molecule has 0 spiro atoms. The number of hydrogen-bond acceptors (Lipinski definition) is 7. The fourth-order valence-corrected chi connectivity index (χ4v) is 5.50. The molecule has 1 N–H and O–H groups in total. The number of nitrogens with zero attached hydrogens (tertiary/aromatic N) is 2. The summed E-state index contributed by atoms with van der Waals surface area (Å²) in [4.78, 5) is 32.6. The van der Waals surface area contributed by atoms with Gasteiger partial charge in [0.25, 0.3) is 5.56 Å². The first-order chi connectivity index (χ1) is 15.8. The van der Waals surface area contributed by atoms with Crippen molar-refractivity contribution in [1.29, 1.82) is 0 Å². The molecular formula is C24H21BrN2O4S2. The smallest absolute Gasteiger partial charge is 0.338 e. The Morgan fingerprint density at radius 2 is 2.03 bits per heavy atom. The van der Waals surface area contributed by atoms with E-state index in [0.717, 1.165) is 14.9 Å². The number of phenolic OH excluding ortho intramolecular Hbond substituents is 1. The van der Waals surface area contributed by atoms with Gasteiger partial charge in [-0.1, -0.05) is 39.4 Å². The molecule has 0 amide bonds. The maximum atomic E-state index is 13.6. The second-order valence-electron chi connectivity index (χ2n) is 7.28. The highest BCUT2D eigenvalue weighted by Crippen LogP contribution is 2.31. The van der Waals surface area contributed by atoms with Crippen LogP contribution in [0, 0.1) is 0 Å². The van der Waals surface area contributed by atoms with E-state index < -0.39 is 12.0 Å². The molecule has 4 rings (SSSR count). The Morgan fingerprint density at radius 3 is 2.70 bits per heavy atom. The van der Waals surface area contributed by atoms with Gasteiger partial charge in [-0.2, -0.15) is 0 Å². The van der Waals surface area contributed by atoms with Crippen LogP contribution in [-0.4, -0.2) is 28.5 Å². The summed E-state index contributed by atoms with van der Waals surface area (Å²) < 4.78 is 8.05. The lowest BCUT2D eigenvalue weighted by molar-refractivity contribution is -0.139. The van der Waals surface area contributed by atoms with Crippen LogP contribution in [-0.2, 0) is 9.53 Å². The zero-order valence-corrected chi connectivity index (χ0v) is 21.4. The Kier molecular flexibility index (Phi) is 6.92. The molecule has 0 aliphatic carbocycles. The summed E-state index contributed by atoms with van der Waals surface area (Å²) in [7, 11) is 0. The normalized spacial score (nSPS) is 15.9. The van der Waals surface area contributed by atoms with E-state index in [1.54, 1.807) is 54.5 Å². The molecule has 1 atom stereocenters. The molecule has 170 valence electrons. The number of fused-ring (bicyclic) bond motifs is 1. The van der Waals surface area contributed by atoms with Crippen LogP contribution in [0.2, 0.25) is 0 Å². The molecule has 33 heavy (non-hydrogen) atoms. The largest absolute Gasteiger partial charge is 0.507 e. The average Bonchev–Trinajstić information content (AvgIpc) is 3.10. The van der Waals surface area contributed by atoms with Crippen molar-refractivity contribution in [2.45, 2.75) is 24.8 Å². The summed E-state index contributed by atoms with van der Waals surface area (Å²) >= 11 is 6.23. The van der Waals surface area contributed by atoms with E-state index >= 15 is 0 Å². The van der Waals surface area contributed by atoms with E-state index in [1.807, 2.05) is 30.5 Å². The summed E-state index contributed by atoms with van der Waals surface area (Å²) in [6.07, 6.45) is 3.63. The number of phenols is 1. The van der Waals surface area contributed by atoms with Gasteiger partial charge in [0.05, 0.1) is 28.5 Å². The maximum Gasteiger partial charge on any atom is 0.338 e. The summed E-state index contributed by atoms with van der Waals surface area (Å²) in [5.74, 6) is -0.423. The van der Waals surface area contributed by atoms with Crippen LogP contribution < -0.4 is 14.9 Å². The number of ether oxygens (including phenoxy) is 1. The van der Waals surface area contributed by atoms with E-state index in [2.05, 4.69) is 20.9 Å². The number of aromatic nitrogens is 1. The number of benzene rings is 2. The number of rotatable bonds is 5. The average molecular weight is 545 g/mol. The molecule has 2 heterocycles. The van der Waals surface area contributed by atoms with Gasteiger partial charge in [0, 0.05) is 14.9 Å². The van der Waals surface area contributed by atoms with E-state index in [0.29, 0.717) is 26.2 Å². The van der Waals surface area contributed by atoms with Crippen LogP contribution in [0.3, 0.4) is 0 Å². The molecule has 2 aromatic carbocycles. The van der Waals surface area contributed by atoms with Gasteiger partial charge in [0.1, 0.15) is 5.75 Å². The predicted molar refractivity (Wildman–Crippen MR) is 134 cm³/mol. The van der Waals surface area contributed by atoms with Crippen molar-refractivity contribution in [1.82, 2.24) is 4.57 Å². The fourth-order valence-electron chi connectivity index (χ4n) is 3.68. The topological polar surface area (TPSA) is 80.9 Å². The van der Waals surface area contributed by atoms with Crippen molar-refractivity contribution < 1.29 is 14.6 Å². The van der Waals surface area contributed by atoms with Gasteiger partial charge in [-0.15, -0.1) is 11.8 Å². The Balaban J connectivity index is 1.96. The highest BCUT2D eigenvalue weighted by molar-refractivity contribution is 9.10. The second-order valence-corrected chi connectivity index (χ2v) is 10.1. The summed E-state index contributed by atoms with van der Waals surface area (Å²) in [5, 5.41) is 10.2. The van der Waals surface area contributed by atoms with E-state index in [-0.39, 0.29) is 17.9 Å². The lowest BCUT2D eigenvalue weighted by Crippen LogP contribution is -2.39. The van der Waals surface area contributed by atoms with Crippen molar-refractivity contribution in [2.24, 2.45) is 4.99 Å². The Labute approximate surface area is 207 Å². The Hall–Kier alpha value is -2.62. The first kappa shape index (κ1) is 23.5. The Morgan fingerprint density at radius 1 is 1.30 bits per heavy atom. The van der Waals surface area contributed by atoms with E-state index in [4.69, 9.17) is 4.74 Å². The minimum atomic E-state index is -0.658. The number of aromatic hydroxyl groups is 1. The molecule has 0 fully saturated rings. The fraction of sp³-hybridized carbons (Fsp3) is 0.208. The van der Waals surface area contributed by atoms with Gasteiger partial charge in [0.2, 0.25) is 0 Å². The molecule has 0 unspecified atom stereocenters. The van der Waals surface area contributed by atoms with Crippen LogP contribution in [0.4, 0.5) is 0 Å². The number of allylic oxidation sites excluding steroid dienone is 1. The molecule has 1 aliphatic rings. The Bertz CT molecular complexity index is 1440. The number of carbonyl (C=O) groups is 1. The van der Waals surface area contributed by atoms with Crippen LogP contribution in [0.15, 0.2) is 72.9 Å². The third-order valence-electron chi connectivity index (χ3n) is 5.22. The second kappa shape index (κ2) is 9.70. The molecule has 9 heteroatoms. The highest BCUT2D eigenvalue weighted by Gasteiger charge is 2.33. The van der Waals surface area contributed by atoms with Crippen LogP contribution in [0.5, 0.6) is 5.75 Å². The van der Waals surface area contributed by atoms with Gasteiger partial charge >= 0.3 is 5.97 Å². The number of thioether (sulfide) groups is 1. The molecule has 0 saturated carbocycles. The summed E-state index contributed by atoms with van der Waals surface area (Å²) in [6, 6.07) is 12.1. The van der Waals surface area contributed by atoms with Crippen molar-refractivity contribution in [2.75, 3.05) is 12.9 Å². The number of esters is 1. The molecule has 0 radical (unpaired) electrons. The third kappa shape index (κ3) is 4.58. The zero-order chi connectivity index (χ0) is 23.7. The van der Waals surface area contributed by atoms with Crippen LogP contribution >= 0.6 is 39.0 Å².